The highest BCUT2D eigenvalue weighted by molar-refractivity contribution is 5.96. The van der Waals surface area contributed by atoms with Gasteiger partial charge in [0.25, 0.3) is 5.91 Å². The number of ether oxygens (including phenoxy) is 8. The van der Waals surface area contributed by atoms with E-state index in [1.54, 1.807) is 107 Å². The Kier molecular flexibility index (Phi) is 21.4. The van der Waals surface area contributed by atoms with Crippen molar-refractivity contribution in [2.45, 2.75) is 147 Å². The van der Waals surface area contributed by atoms with Crippen molar-refractivity contribution in [2.75, 3.05) is 53.2 Å². The van der Waals surface area contributed by atoms with Crippen molar-refractivity contribution < 1.29 is 86.5 Å². The number of fused-ring (bicyclic) bond motifs is 5. The molecule has 3 aromatic rings. The van der Waals surface area contributed by atoms with Gasteiger partial charge >= 0.3 is 29.8 Å². The van der Waals surface area contributed by atoms with Crippen LogP contribution < -0.4 is 16.0 Å². The maximum atomic E-state index is 15.8. The molecule has 0 spiro atoms. The number of ketones is 2. The molecule has 7 rings (SSSR count). The molecule has 21 heteroatoms. The van der Waals surface area contributed by atoms with Gasteiger partial charge in [0, 0.05) is 44.3 Å². The number of hydrogen-bond donors (Lipinski definition) is 5. The molecule has 4 aliphatic rings. The van der Waals surface area contributed by atoms with E-state index in [0.717, 1.165) is 39.7 Å². The fourth-order valence-corrected chi connectivity index (χ4v) is 12.4. The maximum absolute atomic E-state index is 15.8. The lowest BCUT2D eigenvalue weighted by Gasteiger charge is -2.67. The van der Waals surface area contributed by atoms with Crippen molar-refractivity contribution in [2.24, 2.45) is 16.7 Å². The van der Waals surface area contributed by atoms with E-state index in [1.165, 1.54) is 26.0 Å². The van der Waals surface area contributed by atoms with Crippen LogP contribution in [0, 0.1) is 16.7 Å². The van der Waals surface area contributed by atoms with Crippen LogP contribution >= 0.6 is 0 Å². The molecule has 0 radical (unpaired) electrons. The minimum atomic E-state index is -2.49. The summed E-state index contributed by atoms with van der Waals surface area (Å²) >= 11 is 0. The topological polar surface area (TPSA) is 287 Å². The summed E-state index contributed by atoms with van der Waals surface area (Å²) in [5.74, 6) is -8.03. The summed E-state index contributed by atoms with van der Waals surface area (Å²) in [6.45, 7) is 10.8. The quantitative estimate of drug-likeness (QED) is 0.0301. The van der Waals surface area contributed by atoms with Gasteiger partial charge in [-0.3, -0.25) is 24.0 Å². The molecule has 450 valence electrons. The van der Waals surface area contributed by atoms with Gasteiger partial charge in [0.2, 0.25) is 6.10 Å². The predicted molar refractivity (Wildman–Crippen MR) is 298 cm³/mol. The van der Waals surface area contributed by atoms with Gasteiger partial charge < -0.3 is 64.1 Å². The molecule has 2 saturated carbocycles. The van der Waals surface area contributed by atoms with Crippen molar-refractivity contribution in [3.63, 3.8) is 0 Å². The highest BCUT2D eigenvalue weighted by Crippen LogP contribution is 2.64. The lowest BCUT2D eigenvalue weighted by molar-refractivity contribution is -0.346. The SMILES string of the molecule is CN[C@H](CCCCNCCCOCCOCC(=O)O[C@@H](C(=O)O[C@H]1C[C@@]2(O)[C@@H](OC(=O)c3ccccc3)[C@@H]3[C@]4(OC(C)=O)CO[C@@H]4C[C@H](O)[C@@]3(C)C(=O)[C@H](OC(C)=O)C(=C1C)C2(C)C)[C@@H](NC(=O)c1ccccc1)c1ccccc1)C(C)=O. The Morgan fingerprint density at radius 2 is 1.40 bits per heavy atom. The molecular weight excluding hydrogens is 1070 g/mol. The number of Topliss-reactive ketones (excluding diaryl/α,β-unsaturated/α-hetero) is 2. The van der Waals surface area contributed by atoms with Crippen LogP contribution in [0.1, 0.15) is 119 Å². The standard InChI is InChI=1S/C62H79N3O18/c1-37-45(34-62(75)55(82-57(73)43-25-16-11-17-26-43)53-60(7,46(69)33-47-61(53,36-78-47)83-40(4)68)54(71)51(79-39(3)67)49(37)59(62,5)6)80-58(74)52(50(41-21-12-9-13-22-41)65-56(72)42-23-14-10-15-24-42)81-48(70)35-77-32-31-76-30-20-29-64-28-19-18-27-44(63-8)38(2)66/h9-17,21-26,44-47,50-53,55,63-64,69,75H,18-20,27-36H2,1-8H3,(H,65,72)/t44-,45+,46+,47-,50+,51-,52-,53+,55+,60-,61+,62-/m1/s1. The van der Waals surface area contributed by atoms with E-state index in [0.29, 0.717) is 25.1 Å². The van der Waals surface area contributed by atoms with Gasteiger partial charge in [-0.15, -0.1) is 0 Å². The molecule has 1 heterocycles. The number of unbranched alkanes of at least 4 members (excludes halogenated alkanes) is 1. The predicted octanol–water partition coefficient (Wildman–Crippen LogP) is 4.65. The third-order valence-electron chi connectivity index (χ3n) is 16.9. The summed E-state index contributed by atoms with van der Waals surface area (Å²) in [4.78, 5) is 112. The van der Waals surface area contributed by atoms with Crippen LogP contribution in [0.3, 0.4) is 0 Å². The summed E-state index contributed by atoms with van der Waals surface area (Å²) in [6.07, 6.45) is -7.65. The molecule has 83 heavy (non-hydrogen) atoms. The van der Waals surface area contributed by atoms with Crippen LogP contribution in [0.4, 0.5) is 0 Å². The zero-order valence-corrected chi connectivity index (χ0v) is 48.5. The number of nitrogens with one attached hydrogen (secondary N) is 3. The number of aliphatic hydroxyl groups excluding tert-OH is 1. The van der Waals surface area contributed by atoms with E-state index in [9.17, 15) is 39.0 Å². The largest absolute Gasteiger partial charge is 0.455 e. The molecule has 1 amide bonds. The fraction of sp³-hybridized carbons (Fsp3) is 0.548. The Bertz CT molecular complexity index is 2830. The number of benzene rings is 3. The first-order valence-electron chi connectivity index (χ1n) is 28.3. The number of esters is 5. The number of amides is 1. The van der Waals surface area contributed by atoms with E-state index in [-0.39, 0.29) is 60.3 Å². The number of hydrogen-bond acceptors (Lipinski definition) is 20. The second-order valence-electron chi connectivity index (χ2n) is 22.5. The Labute approximate surface area is 483 Å². The number of carbonyl (C=O) groups is 8. The minimum Gasteiger partial charge on any atom is -0.455 e. The minimum absolute atomic E-state index is 0.0304. The Hall–Kier alpha value is -6.72. The van der Waals surface area contributed by atoms with Crippen molar-refractivity contribution in [1.82, 2.24) is 16.0 Å². The fourth-order valence-electron chi connectivity index (χ4n) is 12.4. The molecule has 2 bridgehead atoms. The molecule has 0 aromatic heterocycles. The van der Waals surface area contributed by atoms with E-state index in [4.69, 9.17) is 37.9 Å². The number of aliphatic hydroxyl groups is 2. The van der Waals surface area contributed by atoms with E-state index in [1.807, 2.05) is 0 Å². The molecule has 1 saturated heterocycles. The first-order valence-corrected chi connectivity index (χ1v) is 28.3. The van der Waals surface area contributed by atoms with Crippen LogP contribution in [-0.4, -0.2) is 165 Å². The smallest absolute Gasteiger partial charge is 0.350 e. The molecule has 21 nitrogen and oxygen atoms in total. The van der Waals surface area contributed by atoms with Crippen LogP contribution in [0.5, 0.6) is 0 Å². The summed E-state index contributed by atoms with van der Waals surface area (Å²) in [6, 6.07) is 22.5. The zero-order valence-electron chi connectivity index (χ0n) is 48.5. The van der Waals surface area contributed by atoms with Gasteiger partial charge in [0.15, 0.2) is 17.5 Å². The molecule has 12 atom stereocenters. The molecular formula is C62H79N3O18. The van der Waals surface area contributed by atoms with Gasteiger partial charge in [-0.05, 0) is 101 Å². The molecule has 1 aliphatic heterocycles. The second kappa shape index (κ2) is 27.8. The van der Waals surface area contributed by atoms with Crippen molar-refractivity contribution in [3.05, 3.63) is 119 Å². The average Bonchev–Trinajstić information content (AvgIpc) is 0.727. The Balaban J connectivity index is 1.21. The van der Waals surface area contributed by atoms with Crippen LogP contribution in [-0.2, 0) is 66.7 Å². The summed E-state index contributed by atoms with van der Waals surface area (Å²) in [7, 11) is 1.78. The average molecular weight is 1150 g/mol. The van der Waals surface area contributed by atoms with Gasteiger partial charge in [-0.2, -0.15) is 0 Å². The normalized spacial score (nSPS) is 27.1. The van der Waals surface area contributed by atoms with E-state index >= 15 is 9.59 Å². The first-order chi connectivity index (χ1) is 39.5. The van der Waals surface area contributed by atoms with E-state index < -0.39 is 125 Å². The van der Waals surface area contributed by atoms with Crippen molar-refractivity contribution in [3.8, 4) is 0 Å². The molecule has 5 N–H and O–H groups in total. The second-order valence-corrected chi connectivity index (χ2v) is 22.5. The number of likely N-dealkylation sites (N-methyl/N-ethyl adjacent to an activating group) is 1. The molecule has 3 aromatic carbocycles. The summed E-state index contributed by atoms with van der Waals surface area (Å²) in [5, 5.41) is 35.5. The highest BCUT2D eigenvalue weighted by Gasteiger charge is 2.78. The Morgan fingerprint density at radius 1 is 0.771 bits per heavy atom. The van der Waals surface area contributed by atoms with Crippen molar-refractivity contribution in [1.29, 1.82) is 0 Å². The lowest BCUT2D eigenvalue weighted by Crippen LogP contribution is -2.82. The monoisotopic (exact) mass is 1150 g/mol. The lowest BCUT2D eigenvalue weighted by atomic mass is 9.44. The third kappa shape index (κ3) is 13.9. The van der Waals surface area contributed by atoms with E-state index in [2.05, 4.69) is 16.0 Å². The van der Waals surface area contributed by atoms with Gasteiger partial charge in [0.05, 0.1) is 48.9 Å². The van der Waals surface area contributed by atoms with Gasteiger partial charge in [-0.1, -0.05) is 87.0 Å². The third-order valence-corrected chi connectivity index (χ3v) is 16.9. The number of carbonyl (C=O) groups excluding carboxylic acids is 8. The van der Waals surface area contributed by atoms with Crippen LogP contribution in [0.15, 0.2) is 102 Å². The van der Waals surface area contributed by atoms with Gasteiger partial charge in [-0.25, -0.2) is 14.4 Å². The number of rotatable bonds is 27. The van der Waals surface area contributed by atoms with Gasteiger partial charge in [0.1, 0.15) is 42.3 Å². The molecule has 3 fully saturated rings. The van der Waals surface area contributed by atoms with Crippen LogP contribution in [0.25, 0.3) is 0 Å². The Morgan fingerprint density at radius 3 is 2.00 bits per heavy atom. The first kappa shape index (κ1) is 63.9. The van der Waals surface area contributed by atoms with Crippen LogP contribution in [0.2, 0.25) is 0 Å². The zero-order chi connectivity index (χ0) is 60.3. The maximum Gasteiger partial charge on any atom is 0.350 e. The summed E-state index contributed by atoms with van der Waals surface area (Å²) < 4.78 is 48.3. The van der Waals surface area contributed by atoms with Crippen molar-refractivity contribution >= 4 is 47.3 Å². The molecule has 3 aliphatic carbocycles. The summed E-state index contributed by atoms with van der Waals surface area (Å²) in [5.41, 5.74) is -7.57. The highest BCUT2D eigenvalue weighted by atomic mass is 16.6. The molecule has 0 unspecified atom stereocenters.